The van der Waals surface area contributed by atoms with Gasteiger partial charge in [0.1, 0.15) is 0 Å². The van der Waals surface area contributed by atoms with Gasteiger partial charge >= 0.3 is 0 Å². The second kappa shape index (κ2) is 6.05. The highest BCUT2D eigenvalue weighted by atomic mass is 16.5. The summed E-state index contributed by atoms with van der Waals surface area (Å²) in [4.78, 5) is 0. The summed E-state index contributed by atoms with van der Waals surface area (Å²) >= 11 is 0. The zero-order valence-corrected chi connectivity index (χ0v) is 11.0. The molecule has 0 aliphatic rings. The summed E-state index contributed by atoms with van der Waals surface area (Å²) in [6.07, 6.45) is 1.18. The maximum atomic E-state index is 5.80. The highest BCUT2D eigenvalue weighted by Gasteiger charge is 2.22. The van der Waals surface area contributed by atoms with E-state index >= 15 is 0 Å². The number of benzene rings is 1. The Balaban J connectivity index is 2.35. The molecule has 0 saturated carbocycles. The van der Waals surface area contributed by atoms with Crippen LogP contribution in [-0.2, 0) is 11.3 Å². The molecule has 16 heavy (non-hydrogen) atoms. The van der Waals surface area contributed by atoms with Gasteiger partial charge in [-0.1, -0.05) is 64.4 Å². The first-order chi connectivity index (χ1) is 7.54. The normalized spacial score (nSPS) is 13.8. The van der Waals surface area contributed by atoms with Crippen molar-refractivity contribution in [2.75, 3.05) is 6.61 Å². The molecule has 1 aromatic rings. The van der Waals surface area contributed by atoms with Crippen LogP contribution in [0.4, 0.5) is 0 Å². The third-order valence-electron chi connectivity index (χ3n) is 3.15. The number of rotatable bonds is 5. The molecule has 0 aliphatic heterocycles. The zero-order chi connectivity index (χ0) is 12.0. The SMILES string of the molecule is CC[C@H](COCc1ccccc1)C(C)(C)C. The van der Waals surface area contributed by atoms with Crippen LogP contribution in [-0.4, -0.2) is 6.61 Å². The van der Waals surface area contributed by atoms with Crippen molar-refractivity contribution in [1.82, 2.24) is 0 Å². The Hall–Kier alpha value is -0.820. The standard InChI is InChI=1S/C15H24O/c1-5-14(15(2,3)4)12-16-11-13-9-7-6-8-10-13/h6-10,14H,5,11-12H2,1-4H3/t14-/m1/s1. The van der Waals surface area contributed by atoms with Gasteiger partial charge in [0.2, 0.25) is 0 Å². The summed E-state index contributed by atoms with van der Waals surface area (Å²) in [5.41, 5.74) is 1.59. The first kappa shape index (κ1) is 13.2. The Labute approximate surface area is 99.8 Å². The van der Waals surface area contributed by atoms with E-state index in [1.165, 1.54) is 12.0 Å². The summed E-state index contributed by atoms with van der Waals surface area (Å²) in [6, 6.07) is 10.4. The van der Waals surface area contributed by atoms with Crippen LogP contribution >= 0.6 is 0 Å². The van der Waals surface area contributed by atoms with E-state index in [0.717, 1.165) is 13.2 Å². The predicted molar refractivity (Wildman–Crippen MR) is 69.3 cm³/mol. The molecule has 0 spiro atoms. The quantitative estimate of drug-likeness (QED) is 0.720. The van der Waals surface area contributed by atoms with Gasteiger partial charge in [0.25, 0.3) is 0 Å². The van der Waals surface area contributed by atoms with Gasteiger partial charge in [-0.2, -0.15) is 0 Å². The molecule has 0 saturated heterocycles. The minimum Gasteiger partial charge on any atom is -0.376 e. The van der Waals surface area contributed by atoms with Gasteiger partial charge in [0.05, 0.1) is 13.2 Å². The fourth-order valence-corrected chi connectivity index (χ4v) is 1.87. The highest BCUT2D eigenvalue weighted by molar-refractivity contribution is 5.13. The molecule has 90 valence electrons. The maximum Gasteiger partial charge on any atom is 0.0717 e. The molecule has 0 heterocycles. The molecule has 1 heteroatoms. The molecule has 0 aliphatic carbocycles. The lowest BCUT2D eigenvalue weighted by Gasteiger charge is -2.29. The second-order valence-electron chi connectivity index (χ2n) is 5.47. The fraction of sp³-hybridized carbons (Fsp3) is 0.600. The van der Waals surface area contributed by atoms with Crippen molar-refractivity contribution in [3.8, 4) is 0 Å². The van der Waals surface area contributed by atoms with Crippen molar-refractivity contribution in [1.29, 1.82) is 0 Å². The monoisotopic (exact) mass is 220 g/mol. The van der Waals surface area contributed by atoms with E-state index in [9.17, 15) is 0 Å². The lowest BCUT2D eigenvalue weighted by atomic mass is 9.80. The van der Waals surface area contributed by atoms with Crippen LogP contribution in [0.15, 0.2) is 30.3 Å². The van der Waals surface area contributed by atoms with E-state index in [-0.39, 0.29) is 0 Å². The molecule has 1 rings (SSSR count). The van der Waals surface area contributed by atoms with Crippen LogP contribution in [0.2, 0.25) is 0 Å². The molecule has 0 amide bonds. The molecule has 1 nitrogen and oxygen atoms in total. The Kier molecular flexibility index (Phi) is 5.01. The Bertz CT molecular complexity index is 284. The summed E-state index contributed by atoms with van der Waals surface area (Å²) in [5, 5.41) is 0. The average molecular weight is 220 g/mol. The van der Waals surface area contributed by atoms with E-state index in [2.05, 4.69) is 52.0 Å². The molecule has 1 aromatic carbocycles. The number of hydrogen-bond donors (Lipinski definition) is 0. The zero-order valence-electron chi connectivity index (χ0n) is 11.0. The molecular weight excluding hydrogens is 196 g/mol. The van der Waals surface area contributed by atoms with E-state index in [1.807, 2.05) is 6.07 Å². The van der Waals surface area contributed by atoms with Gasteiger partial charge in [-0.25, -0.2) is 0 Å². The van der Waals surface area contributed by atoms with Crippen molar-refractivity contribution in [2.24, 2.45) is 11.3 Å². The van der Waals surface area contributed by atoms with Crippen LogP contribution in [0.3, 0.4) is 0 Å². The van der Waals surface area contributed by atoms with Gasteiger partial charge in [-0.3, -0.25) is 0 Å². The van der Waals surface area contributed by atoms with Crippen LogP contribution < -0.4 is 0 Å². The van der Waals surface area contributed by atoms with Gasteiger partial charge in [-0.05, 0) is 16.9 Å². The van der Waals surface area contributed by atoms with E-state index in [1.54, 1.807) is 0 Å². The molecule has 0 N–H and O–H groups in total. The summed E-state index contributed by atoms with van der Waals surface area (Å²) < 4.78 is 5.80. The number of ether oxygens (including phenoxy) is 1. The van der Waals surface area contributed by atoms with Crippen LogP contribution in [0.5, 0.6) is 0 Å². The maximum absolute atomic E-state index is 5.80. The van der Waals surface area contributed by atoms with Gasteiger partial charge in [-0.15, -0.1) is 0 Å². The fourth-order valence-electron chi connectivity index (χ4n) is 1.87. The first-order valence-corrected chi connectivity index (χ1v) is 6.15. The van der Waals surface area contributed by atoms with Crippen molar-refractivity contribution in [2.45, 2.75) is 40.7 Å². The van der Waals surface area contributed by atoms with Crippen LogP contribution in [0.25, 0.3) is 0 Å². The summed E-state index contributed by atoms with van der Waals surface area (Å²) in [5.74, 6) is 0.635. The van der Waals surface area contributed by atoms with E-state index in [4.69, 9.17) is 4.74 Å². The average Bonchev–Trinajstić information content (AvgIpc) is 2.24. The Morgan fingerprint density at radius 2 is 1.75 bits per heavy atom. The largest absolute Gasteiger partial charge is 0.376 e. The molecule has 0 radical (unpaired) electrons. The minimum absolute atomic E-state index is 0.339. The molecule has 0 unspecified atom stereocenters. The predicted octanol–water partition coefficient (Wildman–Crippen LogP) is 4.28. The van der Waals surface area contributed by atoms with Crippen molar-refractivity contribution in [3.05, 3.63) is 35.9 Å². The first-order valence-electron chi connectivity index (χ1n) is 6.15. The van der Waals surface area contributed by atoms with Crippen LogP contribution in [0.1, 0.15) is 39.7 Å². The molecule has 1 atom stereocenters. The van der Waals surface area contributed by atoms with Crippen molar-refractivity contribution >= 4 is 0 Å². The lowest BCUT2D eigenvalue weighted by molar-refractivity contribution is 0.0440. The summed E-state index contributed by atoms with van der Waals surface area (Å²) in [6.45, 7) is 10.7. The minimum atomic E-state index is 0.339. The third kappa shape index (κ3) is 4.36. The molecular formula is C15H24O. The molecule has 0 fully saturated rings. The Morgan fingerprint density at radius 3 is 2.25 bits per heavy atom. The van der Waals surface area contributed by atoms with Gasteiger partial charge in [0.15, 0.2) is 0 Å². The van der Waals surface area contributed by atoms with Crippen molar-refractivity contribution in [3.63, 3.8) is 0 Å². The second-order valence-corrected chi connectivity index (χ2v) is 5.47. The topological polar surface area (TPSA) is 9.23 Å². The highest BCUT2D eigenvalue weighted by Crippen LogP contribution is 2.28. The van der Waals surface area contributed by atoms with E-state index < -0.39 is 0 Å². The van der Waals surface area contributed by atoms with Gasteiger partial charge < -0.3 is 4.74 Å². The van der Waals surface area contributed by atoms with Crippen LogP contribution in [0, 0.1) is 11.3 Å². The molecule has 0 bridgehead atoms. The van der Waals surface area contributed by atoms with Gasteiger partial charge in [0, 0.05) is 0 Å². The lowest BCUT2D eigenvalue weighted by Crippen LogP contribution is -2.24. The third-order valence-corrected chi connectivity index (χ3v) is 3.15. The number of hydrogen-bond acceptors (Lipinski definition) is 1. The van der Waals surface area contributed by atoms with Crippen molar-refractivity contribution < 1.29 is 4.74 Å². The van der Waals surface area contributed by atoms with E-state index in [0.29, 0.717) is 11.3 Å². The smallest absolute Gasteiger partial charge is 0.0717 e. The molecule has 0 aromatic heterocycles. The summed E-state index contributed by atoms with van der Waals surface area (Å²) in [7, 11) is 0. The Morgan fingerprint density at radius 1 is 1.12 bits per heavy atom.